The Morgan fingerprint density at radius 3 is 2.44 bits per heavy atom. The van der Waals surface area contributed by atoms with E-state index in [4.69, 9.17) is 4.74 Å². The molecule has 3 rings (SSSR count). The van der Waals surface area contributed by atoms with Crippen molar-refractivity contribution in [2.45, 2.75) is 12.8 Å². The highest BCUT2D eigenvalue weighted by molar-refractivity contribution is 9.10. The smallest absolute Gasteiger partial charge is 0.416 e. The van der Waals surface area contributed by atoms with Crippen molar-refractivity contribution in [2.24, 2.45) is 5.10 Å². The third-order valence-corrected chi connectivity index (χ3v) is 4.80. The number of rotatable bonds is 7. The molecule has 0 heterocycles. The molecule has 0 aromatic heterocycles. The van der Waals surface area contributed by atoms with Crippen molar-refractivity contribution in [2.75, 3.05) is 5.43 Å². The van der Waals surface area contributed by atoms with Crippen molar-refractivity contribution in [3.05, 3.63) is 97.8 Å². The van der Waals surface area contributed by atoms with Crippen LogP contribution in [0, 0.1) is 15.9 Å². The van der Waals surface area contributed by atoms with Crippen LogP contribution in [0.15, 0.2) is 70.2 Å². The Morgan fingerprint density at radius 2 is 1.81 bits per heavy atom. The molecule has 0 spiro atoms. The molecule has 3 aromatic carbocycles. The fourth-order valence-corrected chi connectivity index (χ4v) is 3.10. The van der Waals surface area contributed by atoms with Crippen LogP contribution in [-0.4, -0.2) is 11.1 Å². The fourth-order valence-electron chi connectivity index (χ4n) is 2.59. The van der Waals surface area contributed by atoms with Crippen molar-refractivity contribution < 1.29 is 27.2 Å². The summed E-state index contributed by atoms with van der Waals surface area (Å²) in [4.78, 5) is 10.2. The zero-order valence-electron chi connectivity index (χ0n) is 16.1. The third-order valence-electron chi connectivity index (χ3n) is 4.18. The number of nitro benzene ring substituents is 1. The van der Waals surface area contributed by atoms with Gasteiger partial charge in [0.25, 0.3) is 5.69 Å². The maximum absolute atomic E-state index is 13.0. The molecule has 3 aromatic rings. The van der Waals surface area contributed by atoms with Gasteiger partial charge in [-0.25, -0.2) is 4.39 Å². The summed E-state index contributed by atoms with van der Waals surface area (Å²) in [6.07, 6.45) is -3.35. The van der Waals surface area contributed by atoms with Gasteiger partial charge in [-0.05, 0) is 69.5 Å². The summed E-state index contributed by atoms with van der Waals surface area (Å²) >= 11 is 3.36. The van der Waals surface area contributed by atoms with E-state index in [0.717, 1.165) is 17.7 Å². The molecule has 0 radical (unpaired) electrons. The lowest BCUT2D eigenvalue weighted by Crippen LogP contribution is -2.06. The highest BCUT2D eigenvalue weighted by Gasteiger charge is 2.33. The molecule has 0 bridgehead atoms. The van der Waals surface area contributed by atoms with Gasteiger partial charge in [-0.2, -0.15) is 18.3 Å². The summed E-state index contributed by atoms with van der Waals surface area (Å²) in [5.74, 6) is 0.187. The Kier molecular flexibility index (Phi) is 7.08. The topological polar surface area (TPSA) is 76.8 Å². The molecule has 0 aliphatic heterocycles. The van der Waals surface area contributed by atoms with Gasteiger partial charge in [0.15, 0.2) is 0 Å². The number of nitrogens with one attached hydrogen (secondary N) is 1. The Morgan fingerprint density at radius 1 is 1.09 bits per heavy atom. The van der Waals surface area contributed by atoms with Gasteiger partial charge < -0.3 is 4.74 Å². The SMILES string of the molecule is O=[N+]([O-])c1cc(C(F)(F)F)ccc1N/N=C\c1ccc(OCc2ccc(F)cc2)c(Br)c1. The standard InChI is InChI=1S/C21H14BrF4N3O3/c22-17-9-14(3-8-20(17)32-12-13-1-5-16(23)6-2-13)11-27-28-18-7-4-15(21(24,25)26)10-19(18)29(30)31/h1-11,28H,12H2/b27-11-. The number of hydrogen-bond donors (Lipinski definition) is 1. The molecule has 0 saturated carbocycles. The summed E-state index contributed by atoms with van der Waals surface area (Å²) in [7, 11) is 0. The molecule has 166 valence electrons. The molecular formula is C21H14BrF4N3O3. The van der Waals surface area contributed by atoms with Crippen LogP contribution >= 0.6 is 15.9 Å². The highest BCUT2D eigenvalue weighted by Crippen LogP contribution is 2.35. The van der Waals surface area contributed by atoms with Crippen LogP contribution in [0.2, 0.25) is 0 Å². The number of benzene rings is 3. The summed E-state index contributed by atoms with van der Waals surface area (Å²) in [6, 6.07) is 13.0. The Hall–Kier alpha value is -3.47. The summed E-state index contributed by atoms with van der Waals surface area (Å²) < 4.78 is 57.5. The van der Waals surface area contributed by atoms with E-state index in [1.807, 2.05) is 0 Å². The zero-order valence-corrected chi connectivity index (χ0v) is 17.7. The predicted molar refractivity (Wildman–Crippen MR) is 114 cm³/mol. The second-order valence-corrected chi connectivity index (χ2v) is 7.32. The summed E-state index contributed by atoms with van der Waals surface area (Å²) in [6.45, 7) is 0.228. The van der Waals surface area contributed by atoms with E-state index in [2.05, 4.69) is 26.5 Å². The Balaban J connectivity index is 1.67. The number of anilines is 1. The molecule has 0 unspecified atom stereocenters. The maximum atomic E-state index is 13.0. The van der Waals surface area contributed by atoms with Crippen LogP contribution in [0.5, 0.6) is 5.75 Å². The van der Waals surface area contributed by atoms with Crippen LogP contribution in [0.25, 0.3) is 0 Å². The van der Waals surface area contributed by atoms with Crippen LogP contribution in [0.3, 0.4) is 0 Å². The predicted octanol–water partition coefficient (Wildman–Crippen LogP) is 6.54. The number of nitrogens with zero attached hydrogens (tertiary/aromatic N) is 2. The average molecular weight is 512 g/mol. The maximum Gasteiger partial charge on any atom is 0.416 e. The Bertz CT molecular complexity index is 1150. The first-order valence-corrected chi connectivity index (χ1v) is 9.74. The minimum atomic E-state index is -4.70. The first-order chi connectivity index (χ1) is 15.1. The van der Waals surface area contributed by atoms with Gasteiger partial charge in [0.05, 0.1) is 21.2 Å². The van der Waals surface area contributed by atoms with Crippen LogP contribution in [0.1, 0.15) is 16.7 Å². The van der Waals surface area contributed by atoms with Crippen LogP contribution in [0.4, 0.5) is 28.9 Å². The lowest BCUT2D eigenvalue weighted by molar-refractivity contribution is -0.384. The van der Waals surface area contributed by atoms with Gasteiger partial charge in [0.2, 0.25) is 0 Å². The van der Waals surface area contributed by atoms with Crippen molar-refractivity contribution in [1.29, 1.82) is 0 Å². The zero-order chi connectivity index (χ0) is 23.3. The largest absolute Gasteiger partial charge is 0.488 e. The van der Waals surface area contributed by atoms with Crippen molar-refractivity contribution in [3.8, 4) is 5.75 Å². The van der Waals surface area contributed by atoms with Gasteiger partial charge in [0.1, 0.15) is 23.9 Å². The molecular weight excluding hydrogens is 498 g/mol. The molecule has 6 nitrogen and oxygen atoms in total. The fraction of sp³-hybridized carbons (Fsp3) is 0.0952. The molecule has 11 heteroatoms. The number of hydrogen-bond acceptors (Lipinski definition) is 5. The van der Waals surface area contributed by atoms with E-state index in [1.165, 1.54) is 18.3 Å². The molecule has 0 fully saturated rings. The molecule has 0 saturated heterocycles. The molecule has 0 atom stereocenters. The van der Waals surface area contributed by atoms with Gasteiger partial charge in [0, 0.05) is 6.07 Å². The first-order valence-electron chi connectivity index (χ1n) is 8.95. The van der Waals surface area contributed by atoms with Gasteiger partial charge >= 0.3 is 6.18 Å². The van der Waals surface area contributed by atoms with Crippen LogP contribution in [-0.2, 0) is 12.8 Å². The normalized spacial score (nSPS) is 11.5. The lowest BCUT2D eigenvalue weighted by atomic mass is 10.1. The third kappa shape index (κ3) is 6.03. The molecule has 1 N–H and O–H groups in total. The minimum Gasteiger partial charge on any atom is -0.488 e. The van der Waals surface area contributed by atoms with E-state index in [0.29, 0.717) is 21.9 Å². The van der Waals surface area contributed by atoms with E-state index in [9.17, 15) is 27.7 Å². The van der Waals surface area contributed by atoms with E-state index in [1.54, 1.807) is 30.3 Å². The second kappa shape index (κ2) is 9.77. The number of alkyl halides is 3. The average Bonchev–Trinajstić information content (AvgIpc) is 2.73. The lowest BCUT2D eigenvalue weighted by Gasteiger charge is -2.09. The highest BCUT2D eigenvalue weighted by atomic mass is 79.9. The molecule has 0 aliphatic carbocycles. The minimum absolute atomic E-state index is 0.183. The molecule has 32 heavy (non-hydrogen) atoms. The van der Waals surface area contributed by atoms with Gasteiger partial charge in [-0.1, -0.05) is 12.1 Å². The van der Waals surface area contributed by atoms with E-state index >= 15 is 0 Å². The van der Waals surface area contributed by atoms with E-state index in [-0.39, 0.29) is 18.1 Å². The number of ether oxygens (including phenoxy) is 1. The summed E-state index contributed by atoms with van der Waals surface area (Å²) in [5.41, 5.74) is 1.71. The Labute approximate surface area is 187 Å². The summed E-state index contributed by atoms with van der Waals surface area (Å²) in [5, 5.41) is 15.0. The number of halogens is 5. The van der Waals surface area contributed by atoms with Crippen molar-refractivity contribution in [1.82, 2.24) is 0 Å². The van der Waals surface area contributed by atoms with Crippen LogP contribution < -0.4 is 10.2 Å². The number of hydrazone groups is 1. The number of nitro groups is 1. The van der Waals surface area contributed by atoms with Gasteiger partial charge in [-0.15, -0.1) is 0 Å². The molecule has 0 amide bonds. The second-order valence-electron chi connectivity index (χ2n) is 6.46. The monoisotopic (exact) mass is 511 g/mol. The van der Waals surface area contributed by atoms with Crippen molar-refractivity contribution in [3.63, 3.8) is 0 Å². The van der Waals surface area contributed by atoms with Crippen molar-refractivity contribution >= 4 is 33.5 Å². The molecule has 0 aliphatic rings. The van der Waals surface area contributed by atoms with Gasteiger partial charge in [-0.3, -0.25) is 15.5 Å². The van der Waals surface area contributed by atoms with E-state index < -0.39 is 22.4 Å². The first kappa shape index (κ1) is 23.2. The quantitative estimate of drug-likeness (QED) is 0.169.